The highest BCUT2D eigenvalue weighted by Crippen LogP contribution is 2.22. The van der Waals surface area contributed by atoms with Crippen LogP contribution in [0.2, 0.25) is 0 Å². The number of hydrogen-bond acceptors (Lipinski definition) is 16. The summed E-state index contributed by atoms with van der Waals surface area (Å²) in [4.78, 5) is 159. The van der Waals surface area contributed by atoms with Crippen molar-refractivity contribution in [2.45, 2.75) is 185 Å². The fraction of sp³-hybridized carbons (Fsp3) is 0.500. The third kappa shape index (κ3) is 23.6. The number of aromatic nitrogens is 4. The van der Waals surface area contributed by atoms with Crippen LogP contribution in [0.4, 0.5) is 0 Å². The zero-order valence-corrected chi connectivity index (χ0v) is 55.3. The van der Waals surface area contributed by atoms with E-state index in [2.05, 4.69) is 62.5 Å². The Bertz CT molecular complexity index is 3340. The number of carbonyl (C=O) groups is 10. The quantitative estimate of drug-likeness (QED) is 0.0250. The van der Waals surface area contributed by atoms with Crippen molar-refractivity contribution >= 4 is 59.1 Å². The molecule has 6 rings (SSSR count). The first-order chi connectivity index (χ1) is 45.8. The number of imidazole rings is 2. The number of phenolic OH excluding ortho intramolecular Hbond substituents is 2. The maximum Gasteiger partial charge on any atom is 0.326 e. The number of nitrogens with two attached hydrogens (primary N) is 2. The van der Waals surface area contributed by atoms with Crippen LogP contribution < -0.4 is 54.0 Å². The lowest BCUT2D eigenvalue weighted by molar-refractivity contribution is -0.142. The normalized spacial score (nSPS) is 16.1. The molecule has 1 aliphatic rings. The van der Waals surface area contributed by atoms with Crippen LogP contribution in [-0.4, -0.2) is 173 Å². The molecule has 0 radical (unpaired) electrons. The van der Waals surface area contributed by atoms with E-state index in [-0.39, 0.29) is 93.6 Å². The second-order valence-electron chi connectivity index (χ2n) is 25.5. The lowest BCUT2D eigenvalue weighted by atomic mass is 9.98. The van der Waals surface area contributed by atoms with Crippen LogP contribution in [0.3, 0.4) is 0 Å². The molecule has 0 aliphatic carbocycles. The number of aliphatic carboxylic acids is 1. The van der Waals surface area contributed by atoms with Gasteiger partial charge < -0.3 is 84.2 Å². The van der Waals surface area contributed by atoms with Gasteiger partial charge in [-0.2, -0.15) is 0 Å². The number of phenols is 2. The van der Waals surface area contributed by atoms with E-state index in [1.54, 1.807) is 44.2 Å². The number of aromatic hydroxyl groups is 2. The Kier molecular flexibility index (Phi) is 29.4. The van der Waals surface area contributed by atoms with Crippen LogP contribution >= 0.6 is 0 Å². The van der Waals surface area contributed by atoms with E-state index in [0.29, 0.717) is 60.3 Å². The highest BCUT2D eigenvalue weighted by molar-refractivity contribution is 5.99. The number of rotatable bonds is 38. The average molecular weight is 1330 g/mol. The van der Waals surface area contributed by atoms with Gasteiger partial charge in [0.25, 0.3) is 0 Å². The average Bonchev–Trinajstić information content (AvgIpc) is 1.55. The van der Waals surface area contributed by atoms with Gasteiger partial charge in [-0.25, -0.2) is 14.8 Å². The molecule has 1 fully saturated rings. The van der Waals surface area contributed by atoms with Crippen LogP contribution in [0.15, 0.2) is 104 Å². The molecule has 1 aliphatic heterocycles. The van der Waals surface area contributed by atoms with Gasteiger partial charge in [-0.05, 0) is 110 Å². The van der Waals surface area contributed by atoms with Crippen LogP contribution in [0.1, 0.15) is 121 Å². The minimum absolute atomic E-state index is 0.0197. The summed E-state index contributed by atoms with van der Waals surface area (Å²) in [6.07, 6.45) is 7.48. The number of benzene rings is 3. The number of nitrogens with zero attached hydrogens (tertiary/aromatic N) is 3. The Morgan fingerprint density at radius 1 is 0.531 bits per heavy atom. The van der Waals surface area contributed by atoms with Gasteiger partial charge in [0.05, 0.1) is 18.7 Å². The summed E-state index contributed by atoms with van der Waals surface area (Å²) in [5, 5.41) is 52.3. The second kappa shape index (κ2) is 37.4. The van der Waals surface area contributed by atoms with E-state index in [1.165, 1.54) is 78.5 Å². The van der Waals surface area contributed by atoms with Crippen molar-refractivity contribution in [2.24, 2.45) is 29.2 Å². The van der Waals surface area contributed by atoms with Crippen molar-refractivity contribution in [3.63, 3.8) is 0 Å². The number of hydrogen-bond donors (Lipinski definition) is 15. The van der Waals surface area contributed by atoms with Crippen molar-refractivity contribution in [3.05, 3.63) is 132 Å². The highest BCUT2D eigenvalue weighted by Gasteiger charge is 2.41. The van der Waals surface area contributed by atoms with Gasteiger partial charge in [0.2, 0.25) is 53.2 Å². The smallest absolute Gasteiger partial charge is 0.326 e. The Labute approximate surface area is 558 Å². The summed E-state index contributed by atoms with van der Waals surface area (Å²) in [6, 6.07) is 7.70. The summed E-state index contributed by atoms with van der Waals surface area (Å²) in [5.41, 5.74) is 14.5. The number of aromatic amines is 2. The first kappa shape index (κ1) is 75.3. The second-order valence-corrected chi connectivity index (χ2v) is 25.5. The summed E-state index contributed by atoms with van der Waals surface area (Å²) in [6.45, 7) is 11.4. The highest BCUT2D eigenvalue weighted by atomic mass is 16.4. The largest absolute Gasteiger partial charge is 0.508 e. The van der Waals surface area contributed by atoms with Gasteiger partial charge >= 0.3 is 5.97 Å². The van der Waals surface area contributed by atoms with Crippen LogP contribution in [0, 0.1) is 17.8 Å². The molecular formula is C68H95N15O13. The third-order valence-corrected chi connectivity index (χ3v) is 16.8. The standard InChI is InChI=1S/C68H95N15O13/c1-7-41(6)58(70)66(93)82-56(34-46-36-72-38-74-46)67(94)83-27-13-17-57(83)65(92)81-54(30-42-14-9-8-10-15-42)63(90)80-55(33-45-35-71-37-73-45)64(91)77-50(28-39(2)3)59(86)76-51(29-40(4)5)60(87)78-53(32-44-20-24-48(85)25-21-44)62(89)79-52(31-43-18-22-47(84)23-19-43)61(88)75-49(68(95)96)16-11-12-26-69/h8-10,14-15,18-25,35-41,49-58,84-85H,7,11-13,16-17,26-34,69-70H2,1-6H3,(H,71,73)(H,72,74)(H,75,88)(H,76,86)(H,77,91)(H,78,87)(H,79,89)(H,80,90)(H,81,92)(H,82,93)(H,95,96)/t41-,49-,50-,51-,52-,53-,54-,55-,56-,57-,58-/m0/s1. The van der Waals surface area contributed by atoms with E-state index < -0.39 is 120 Å². The van der Waals surface area contributed by atoms with Crippen molar-refractivity contribution in [1.29, 1.82) is 0 Å². The molecule has 9 amide bonds. The molecule has 2 aromatic heterocycles. The fourth-order valence-electron chi connectivity index (χ4n) is 11.2. The Balaban J connectivity index is 1.24. The molecule has 28 heteroatoms. The molecule has 11 atom stereocenters. The van der Waals surface area contributed by atoms with Gasteiger partial charge in [-0.3, -0.25) is 43.2 Å². The molecule has 0 spiro atoms. The Hall–Kier alpha value is -9.70. The molecule has 1 saturated heterocycles. The molecular weight excluding hydrogens is 1230 g/mol. The maximum atomic E-state index is 14.9. The third-order valence-electron chi connectivity index (χ3n) is 16.8. The van der Waals surface area contributed by atoms with Gasteiger partial charge in [-0.15, -0.1) is 0 Å². The van der Waals surface area contributed by atoms with Crippen molar-refractivity contribution in [3.8, 4) is 11.5 Å². The van der Waals surface area contributed by atoms with E-state index in [9.17, 15) is 63.3 Å². The first-order valence-electron chi connectivity index (χ1n) is 32.8. The summed E-state index contributed by atoms with van der Waals surface area (Å²) < 4.78 is 0. The molecule has 0 saturated carbocycles. The zero-order chi connectivity index (χ0) is 70.0. The predicted octanol–water partition coefficient (Wildman–Crippen LogP) is 1.61. The van der Waals surface area contributed by atoms with E-state index >= 15 is 0 Å². The molecule has 96 heavy (non-hydrogen) atoms. The molecule has 520 valence electrons. The number of carboxylic acids is 1. The predicted molar refractivity (Wildman–Crippen MR) is 355 cm³/mol. The number of carbonyl (C=O) groups excluding carboxylic acids is 9. The SMILES string of the molecule is CC[C@H](C)[C@H](N)C(=O)N[C@@H](Cc1cnc[nH]1)C(=O)N1CCC[C@H]1C(=O)N[C@@H](Cc1ccccc1)C(=O)N[C@@H](Cc1cnc[nH]1)C(=O)N[C@@H](CC(C)C)C(=O)N[C@@H](CC(C)C)C(=O)N[C@@H](Cc1ccc(O)cc1)C(=O)N[C@@H](Cc1ccc(O)cc1)C(=O)N[C@@H](CCCCN)C(=O)O. The van der Waals surface area contributed by atoms with Gasteiger partial charge in [0, 0.05) is 62.4 Å². The molecule has 3 aromatic carbocycles. The summed E-state index contributed by atoms with van der Waals surface area (Å²) in [7, 11) is 0. The fourth-order valence-corrected chi connectivity index (χ4v) is 11.2. The number of nitrogens with one attached hydrogen (secondary N) is 10. The first-order valence-corrected chi connectivity index (χ1v) is 32.8. The number of amides is 9. The molecule has 5 aromatic rings. The monoisotopic (exact) mass is 1330 g/mol. The van der Waals surface area contributed by atoms with E-state index in [1.807, 2.05) is 27.7 Å². The number of carboxylic acid groups (broad SMARTS) is 1. The molecule has 17 N–H and O–H groups in total. The molecule has 28 nitrogen and oxygen atoms in total. The minimum atomic E-state index is -1.46. The topological polar surface area (TPSA) is 440 Å². The summed E-state index contributed by atoms with van der Waals surface area (Å²) >= 11 is 0. The lowest BCUT2D eigenvalue weighted by Gasteiger charge is -2.31. The Morgan fingerprint density at radius 3 is 1.36 bits per heavy atom. The Morgan fingerprint density at radius 2 is 0.938 bits per heavy atom. The van der Waals surface area contributed by atoms with Crippen molar-refractivity contribution < 1.29 is 63.3 Å². The van der Waals surface area contributed by atoms with Crippen LogP contribution in [0.5, 0.6) is 11.5 Å². The van der Waals surface area contributed by atoms with Crippen LogP contribution in [-0.2, 0) is 80.0 Å². The van der Waals surface area contributed by atoms with Crippen molar-refractivity contribution in [2.75, 3.05) is 13.1 Å². The van der Waals surface area contributed by atoms with Crippen LogP contribution in [0.25, 0.3) is 0 Å². The van der Waals surface area contributed by atoms with Gasteiger partial charge in [0.1, 0.15) is 65.9 Å². The number of likely N-dealkylation sites (tertiary alicyclic amines) is 1. The van der Waals surface area contributed by atoms with Crippen molar-refractivity contribution in [1.82, 2.24) is 67.4 Å². The minimum Gasteiger partial charge on any atom is -0.508 e. The van der Waals surface area contributed by atoms with Gasteiger partial charge in [-0.1, -0.05) is 103 Å². The van der Waals surface area contributed by atoms with E-state index in [0.717, 1.165) is 0 Å². The molecule has 0 bridgehead atoms. The number of unbranched alkanes of at least 4 members (excludes halogenated alkanes) is 1. The lowest BCUT2D eigenvalue weighted by Crippen LogP contribution is -2.61. The maximum absolute atomic E-state index is 14.9. The molecule has 3 heterocycles. The molecule has 0 unspecified atom stereocenters. The summed E-state index contributed by atoms with van der Waals surface area (Å²) in [5.74, 6) is -8.80. The zero-order valence-electron chi connectivity index (χ0n) is 55.3. The number of H-pyrrole nitrogens is 2. The van der Waals surface area contributed by atoms with E-state index in [4.69, 9.17) is 11.5 Å². The van der Waals surface area contributed by atoms with Gasteiger partial charge in [0.15, 0.2) is 0 Å².